The summed E-state index contributed by atoms with van der Waals surface area (Å²) in [5.74, 6) is 0. The lowest BCUT2D eigenvalue weighted by molar-refractivity contribution is 1.66. The van der Waals surface area contributed by atoms with Gasteiger partial charge in [0.05, 0.1) is 25.4 Å². The molecule has 0 bridgehead atoms. The highest BCUT2D eigenvalue weighted by molar-refractivity contribution is 14.1. The number of halogens is 1. The van der Waals surface area contributed by atoms with E-state index in [9.17, 15) is 0 Å². The Labute approximate surface area is 242 Å². The molecule has 170 valence electrons. The summed E-state index contributed by atoms with van der Waals surface area (Å²) in [5, 5.41) is 8.23. The predicted molar refractivity (Wildman–Crippen MR) is 179 cm³/mol. The molecule has 3 aromatic rings. The Morgan fingerprint density at radius 2 is 0.939 bits per heavy atom. The van der Waals surface area contributed by atoms with E-state index in [0.717, 1.165) is 0 Å². The Morgan fingerprint density at radius 3 is 1.36 bits per heavy atom. The zero-order valence-electron chi connectivity index (χ0n) is 18.2. The summed E-state index contributed by atoms with van der Waals surface area (Å²) in [6, 6.07) is 16.0. The largest absolute Gasteiger partial charge is 0.121 e. The van der Waals surface area contributed by atoms with E-state index in [0.29, 0.717) is 0 Å². The van der Waals surface area contributed by atoms with E-state index >= 15 is 0 Å². The van der Waals surface area contributed by atoms with E-state index in [4.69, 9.17) is 0 Å². The first-order chi connectivity index (χ1) is 16.1. The molecule has 2 heterocycles. The van der Waals surface area contributed by atoms with Gasteiger partial charge in [0.25, 0.3) is 0 Å². The standard InChI is InChI=1S/C24H19IS8/c1-26-21-22(27-2)31-19(30-21)17-13-7-5-6-8-14(13)18(16-11-12(25)9-10-15(16)17)20-32-23(28-3)24(29-4)33-20/h5-11H,1-4H3. The molecule has 0 saturated carbocycles. The maximum Gasteiger partial charge on any atom is 0.0657 e. The van der Waals surface area contributed by atoms with Gasteiger partial charge < -0.3 is 0 Å². The van der Waals surface area contributed by atoms with Crippen molar-refractivity contribution in [3.8, 4) is 0 Å². The highest BCUT2D eigenvalue weighted by Crippen LogP contribution is 2.58. The molecule has 0 nitrogen and oxygen atoms in total. The molecule has 0 amide bonds. The highest BCUT2D eigenvalue weighted by atomic mass is 127. The second-order valence-corrected chi connectivity index (χ2v) is 17.1. The van der Waals surface area contributed by atoms with Crippen molar-refractivity contribution in [2.45, 2.75) is 0 Å². The first kappa shape index (κ1) is 25.6. The number of benzene rings is 3. The number of rotatable bonds is 4. The summed E-state index contributed by atoms with van der Waals surface area (Å²) < 4.78 is 9.77. The van der Waals surface area contributed by atoms with Crippen LogP contribution in [0.5, 0.6) is 0 Å². The van der Waals surface area contributed by atoms with Crippen LogP contribution in [0.4, 0.5) is 0 Å². The van der Waals surface area contributed by atoms with Gasteiger partial charge in [-0.15, -0.1) is 47.0 Å². The molecule has 0 N–H and O–H groups in total. The third-order valence-corrected chi connectivity index (χ3v) is 16.3. The molecular weight excluding hydrogens is 672 g/mol. The molecule has 0 spiro atoms. The van der Waals surface area contributed by atoms with Crippen LogP contribution in [0, 0.1) is 3.57 Å². The van der Waals surface area contributed by atoms with Crippen molar-refractivity contribution >= 4 is 147 Å². The van der Waals surface area contributed by atoms with E-state index in [2.05, 4.69) is 90.1 Å². The molecule has 0 aliphatic carbocycles. The van der Waals surface area contributed by atoms with Gasteiger partial charge in [-0.3, -0.25) is 0 Å². The summed E-state index contributed by atoms with van der Waals surface area (Å²) in [7, 11) is 0. The van der Waals surface area contributed by atoms with Crippen LogP contribution in [-0.4, -0.2) is 25.0 Å². The third kappa shape index (κ3) is 4.81. The molecule has 0 aromatic heterocycles. The van der Waals surface area contributed by atoms with Crippen molar-refractivity contribution in [3.63, 3.8) is 0 Å². The summed E-state index contributed by atoms with van der Waals surface area (Å²) in [4.78, 5) is 0. The summed E-state index contributed by atoms with van der Waals surface area (Å²) in [6.45, 7) is 0. The first-order valence-corrected chi connectivity index (χ1v) is 19.1. The van der Waals surface area contributed by atoms with Crippen LogP contribution in [0.1, 0.15) is 0 Å². The fourth-order valence-corrected chi connectivity index (χ4v) is 14.6. The molecule has 9 heteroatoms. The van der Waals surface area contributed by atoms with Crippen LogP contribution in [0.25, 0.3) is 30.0 Å². The fraction of sp³-hybridized carbons (Fsp3) is 0.167. The van der Waals surface area contributed by atoms with E-state index < -0.39 is 0 Å². The second kappa shape index (κ2) is 11.1. The number of hydrogen-bond acceptors (Lipinski definition) is 8. The van der Waals surface area contributed by atoms with E-state index in [-0.39, 0.29) is 0 Å². The lowest BCUT2D eigenvalue weighted by atomic mass is 9.99. The van der Waals surface area contributed by atoms with Crippen LogP contribution in [0.2, 0.25) is 0 Å². The zero-order valence-corrected chi connectivity index (χ0v) is 26.9. The topological polar surface area (TPSA) is 0 Å². The van der Waals surface area contributed by atoms with Crippen LogP contribution in [0.15, 0.2) is 59.4 Å². The maximum absolute atomic E-state index is 2.46. The summed E-state index contributed by atoms with van der Waals surface area (Å²) in [5.41, 5.74) is 0. The van der Waals surface area contributed by atoms with Gasteiger partial charge in [0.2, 0.25) is 0 Å². The third-order valence-electron chi connectivity index (χ3n) is 5.21. The van der Waals surface area contributed by atoms with E-state index in [1.54, 1.807) is 0 Å². The Balaban J connectivity index is 1.92. The summed E-state index contributed by atoms with van der Waals surface area (Å²) >= 11 is 17.7. The second-order valence-electron chi connectivity index (χ2n) is 6.93. The SMILES string of the molecule is CSC1=C(SC)SC(=c2c3ccccc3c(=C3SC(SC)=C(SC)S3)c3cc(I)ccc23)S1. The Kier molecular flexibility index (Phi) is 8.62. The molecule has 3 aromatic carbocycles. The normalized spacial score (nSPS) is 16.9. The molecule has 0 saturated heterocycles. The van der Waals surface area contributed by atoms with Gasteiger partial charge in [0.15, 0.2) is 0 Å². The maximum atomic E-state index is 2.46. The van der Waals surface area contributed by atoms with Crippen molar-refractivity contribution < 1.29 is 0 Å². The quantitative estimate of drug-likeness (QED) is 0.194. The Morgan fingerprint density at radius 1 is 0.545 bits per heavy atom. The lowest BCUT2D eigenvalue weighted by Crippen LogP contribution is -2.17. The van der Waals surface area contributed by atoms with E-state index in [1.165, 1.54) is 61.0 Å². The average Bonchev–Trinajstić information content (AvgIpc) is 3.45. The van der Waals surface area contributed by atoms with E-state index in [1.807, 2.05) is 94.1 Å². The van der Waals surface area contributed by atoms with Crippen LogP contribution in [0.3, 0.4) is 0 Å². The monoisotopic (exact) mass is 690 g/mol. The predicted octanol–water partition coefficient (Wildman–Crippen LogP) is 9.39. The fourth-order valence-electron chi connectivity index (χ4n) is 3.84. The minimum absolute atomic E-state index is 1.28. The highest BCUT2D eigenvalue weighted by Gasteiger charge is 2.25. The molecule has 0 fully saturated rings. The van der Waals surface area contributed by atoms with Crippen molar-refractivity contribution in [2.75, 3.05) is 25.0 Å². The molecule has 0 radical (unpaired) electrons. The van der Waals surface area contributed by atoms with Crippen molar-refractivity contribution in [3.05, 3.63) is 73.4 Å². The number of fused-ring (bicyclic) bond motifs is 2. The zero-order chi connectivity index (χ0) is 23.1. The van der Waals surface area contributed by atoms with Gasteiger partial charge in [-0.05, 0) is 81.3 Å². The van der Waals surface area contributed by atoms with Gasteiger partial charge in [0.1, 0.15) is 0 Å². The number of hydrogen-bond donors (Lipinski definition) is 0. The molecular formula is C24H19IS8. The molecule has 33 heavy (non-hydrogen) atoms. The molecule has 0 unspecified atom stereocenters. The van der Waals surface area contributed by atoms with Crippen LogP contribution >= 0.6 is 117 Å². The van der Waals surface area contributed by atoms with Gasteiger partial charge in [-0.25, -0.2) is 0 Å². The van der Waals surface area contributed by atoms with Crippen molar-refractivity contribution in [2.24, 2.45) is 0 Å². The number of thioether (sulfide) groups is 8. The van der Waals surface area contributed by atoms with Gasteiger partial charge >= 0.3 is 0 Å². The molecule has 0 atom stereocenters. The summed E-state index contributed by atoms with van der Waals surface area (Å²) in [6.07, 6.45) is 8.76. The van der Waals surface area contributed by atoms with Crippen LogP contribution in [-0.2, 0) is 0 Å². The van der Waals surface area contributed by atoms with Gasteiger partial charge in [-0.2, -0.15) is 0 Å². The van der Waals surface area contributed by atoms with Crippen molar-refractivity contribution in [1.82, 2.24) is 0 Å². The van der Waals surface area contributed by atoms with Gasteiger partial charge in [0, 0.05) is 14.0 Å². The minimum atomic E-state index is 1.28. The molecule has 2 aliphatic rings. The first-order valence-electron chi connectivity index (χ1n) is 9.84. The van der Waals surface area contributed by atoms with Crippen LogP contribution < -0.4 is 10.4 Å². The smallest absolute Gasteiger partial charge is 0.0657 e. The van der Waals surface area contributed by atoms with Gasteiger partial charge in [-0.1, -0.05) is 77.4 Å². The minimum Gasteiger partial charge on any atom is -0.121 e. The Hall–Kier alpha value is 0.930. The molecule has 2 aliphatic heterocycles. The molecule has 5 rings (SSSR count). The lowest BCUT2D eigenvalue weighted by Gasteiger charge is -2.12. The average molecular weight is 691 g/mol. The van der Waals surface area contributed by atoms with Crippen molar-refractivity contribution in [1.29, 1.82) is 0 Å². The Bertz CT molecular complexity index is 1440.